The number of hydrogen-bond donors (Lipinski definition) is 23. The summed E-state index contributed by atoms with van der Waals surface area (Å²) in [5, 5.41) is 41.0. The van der Waals surface area contributed by atoms with Crippen molar-refractivity contribution in [2.75, 3.05) is 249 Å². The van der Waals surface area contributed by atoms with Crippen LogP contribution in [0.4, 0.5) is 0 Å². The lowest BCUT2D eigenvalue weighted by Crippen LogP contribution is -2.44. The van der Waals surface area contributed by atoms with Crippen molar-refractivity contribution in [3.05, 3.63) is 59.7 Å². The third-order valence-corrected chi connectivity index (χ3v) is 21.4. The zero-order chi connectivity index (χ0) is 92.0. The van der Waals surface area contributed by atoms with Crippen LogP contribution in [0.15, 0.2) is 58.3 Å². The molecule has 0 atom stereocenters. The van der Waals surface area contributed by atoms with Crippen molar-refractivity contribution >= 4 is 110 Å². The Morgan fingerprint density at radius 1 is 0.232 bits per heavy atom. The molecular formula is C78H142N30O15S2. The molecule has 0 heterocycles. The van der Waals surface area contributed by atoms with E-state index in [2.05, 4.69) is 79.8 Å². The largest absolute Gasteiger partial charge is 0.355 e. The van der Waals surface area contributed by atoms with E-state index in [1.807, 2.05) is 72.7 Å². The second-order valence-electron chi connectivity index (χ2n) is 28.7. The smallest absolute Gasteiger partial charge is 0.251 e. The Balaban J connectivity index is 2.38. The van der Waals surface area contributed by atoms with Crippen LogP contribution in [0, 0.1) is 6.92 Å². The number of benzene rings is 2. The first-order chi connectivity index (χ1) is 60.2. The van der Waals surface area contributed by atoms with E-state index < -0.39 is 0 Å². The van der Waals surface area contributed by atoms with Crippen molar-refractivity contribution in [3.63, 3.8) is 0 Å². The number of hydrogen-bond acceptors (Lipinski definition) is 32. The number of nitrogens with two attached hydrogens (primary N) is 8. The Morgan fingerprint density at radius 2 is 0.432 bits per heavy atom. The van der Waals surface area contributed by atoms with Gasteiger partial charge in [-0.25, -0.2) is 0 Å². The van der Waals surface area contributed by atoms with Gasteiger partial charge in [0, 0.05) is 289 Å². The van der Waals surface area contributed by atoms with Gasteiger partial charge in [0.15, 0.2) is 0 Å². The first kappa shape index (κ1) is 112. The second kappa shape index (κ2) is 71.7. The van der Waals surface area contributed by atoms with E-state index in [4.69, 9.17) is 45.9 Å². The molecule has 2 rings (SSSR count). The molecule has 706 valence electrons. The van der Waals surface area contributed by atoms with Crippen LogP contribution < -0.4 is 126 Å². The Labute approximate surface area is 741 Å². The maximum Gasteiger partial charge on any atom is 0.251 e. The molecule has 2 aromatic carbocycles. The van der Waals surface area contributed by atoms with Crippen LogP contribution in [0.25, 0.3) is 0 Å². The lowest BCUT2D eigenvalue weighted by molar-refractivity contribution is -0.124. The Morgan fingerprint density at radius 3 is 0.672 bits per heavy atom. The predicted molar refractivity (Wildman–Crippen MR) is 478 cm³/mol. The normalized spacial score (nSPS) is 11.2. The summed E-state index contributed by atoms with van der Waals surface area (Å²) >= 11 is 0. The van der Waals surface area contributed by atoms with Gasteiger partial charge in [0.1, 0.15) is 0 Å². The highest BCUT2D eigenvalue weighted by Crippen LogP contribution is 2.37. The molecule has 2 aromatic rings. The van der Waals surface area contributed by atoms with Crippen molar-refractivity contribution in [1.82, 2.24) is 114 Å². The zero-order valence-electron chi connectivity index (χ0n) is 72.7. The molecule has 0 saturated heterocycles. The summed E-state index contributed by atoms with van der Waals surface area (Å²) < 4.78 is 0. The predicted octanol–water partition coefficient (Wildman–Crippen LogP) is -9.64. The van der Waals surface area contributed by atoms with E-state index in [-0.39, 0.29) is 382 Å². The lowest BCUT2D eigenvalue weighted by Gasteiger charge is -2.25. The SMILES string of the molecule is Cc1ccc(SSc2ccc(C(=O)NCCN(CCC(=O)NCCN(CCC(=O)NCCN(CCNC(=O)CN)CCC(=O)NCN)CCC(=O)NCCN(CCC(=O)NCN)CCC(=O)NCN)CCC(=O)NCCN(CCC(=O)NCCN(CCC(=O)NCN)CCC(=O)NCN)CCC(=O)NCCN(CCC(=O)NCN)CC(=O)NCCN)cc2)cc1. The molecule has 0 fully saturated rings. The number of amides is 15. The number of carbonyl (C=O) groups is 15. The minimum Gasteiger partial charge on any atom is -0.355 e. The van der Waals surface area contributed by atoms with Crippen LogP contribution in [0.5, 0.6) is 0 Å². The van der Waals surface area contributed by atoms with Gasteiger partial charge < -0.3 is 150 Å². The highest BCUT2D eigenvalue weighted by atomic mass is 33.1. The van der Waals surface area contributed by atoms with Gasteiger partial charge in [0.2, 0.25) is 82.7 Å². The third-order valence-electron chi connectivity index (χ3n) is 19.0. The molecule has 45 nitrogen and oxygen atoms in total. The van der Waals surface area contributed by atoms with Crippen LogP contribution in [-0.2, 0) is 67.1 Å². The van der Waals surface area contributed by atoms with E-state index in [1.165, 1.54) is 0 Å². The van der Waals surface area contributed by atoms with Crippen LogP contribution >= 0.6 is 21.6 Å². The molecule has 0 aliphatic carbocycles. The van der Waals surface area contributed by atoms with Crippen LogP contribution in [-0.4, -0.2) is 372 Å². The average Bonchev–Trinajstić information content (AvgIpc) is 0.876. The van der Waals surface area contributed by atoms with Gasteiger partial charge in [-0.2, -0.15) is 0 Å². The first-order valence-electron chi connectivity index (χ1n) is 42.4. The summed E-state index contributed by atoms with van der Waals surface area (Å²) in [6.45, 7) is 7.81. The maximum absolute atomic E-state index is 13.9. The van der Waals surface area contributed by atoms with Gasteiger partial charge in [-0.3, -0.25) is 81.7 Å². The lowest BCUT2D eigenvalue weighted by atomic mass is 10.2. The molecule has 0 unspecified atom stereocenters. The molecular weight excluding hydrogens is 1660 g/mol. The summed E-state index contributed by atoms with van der Waals surface area (Å²) in [6, 6.07) is 15.3. The Bertz CT molecular complexity index is 3450. The number of nitrogens with zero attached hydrogens (tertiary/aromatic N) is 7. The fourth-order valence-corrected chi connectivity index (χ4v) is 13.9. The fraction of sp³-hybridized carbons (Fsp3) is 0.654. The number of rotatable bonds is 75. The standard InChI is InChI=1S/C78H142N30O15S2/c1-60-2-6-62(7-3-60)124-125-63-8-4-61(5-9-63)78(123)95-31-50-106(36-14-66(111)88-24-44-102(32-10-64(109)90-26-46-104(38-16-70(115)96-54-81)39-17-71(116)97-55-82)34-12-68(113)92-28-48-107(42-20-74(119)100-58-85)49-29-94-76(121)52-80)37-15-67(112)89-25-45-103(33-11-65(110)91-27-47-105(40-18-72(117)98-56-83)41-19-73(118)99-57-84)35-13-69(114)93-30-51-108(43-21-75(120)101-59-86)53-77(122)87-23-22-79/h2-9H,10-59,79-86H2,1H3,(H,87,122)(H,88,111)(H,89,112)(H,90,109)(H,91,110)(H,92,113)(H,93,114)(H,94,121)(H,95,123)(H,96,115)(H,97,116)(H,98,117)(H,99,118)(H,100,119)(H,101,120). The average molecular weight is 1800 g/mol. The van der Waals surface area contributed by atoms with Gasteiger partial charge in [0.25, 0.3) is 5.91 Å². The third kappa shape index (κ3) is 60.0. The molecule has 0 aliphatic rings. The molecule has 0 spiro atoms. The van der Waals surface area contributed by atoms with Crippen LogP contribution in [0.2, 0.25) is 0 Å². The molecule has 15 amide bonds. The number of aryl methyl sites for hydroxylation is 1. The Kier molecular flexibility index (Phi) is 64.1. The summed E-state index contributed by atoms with van der Waals surface area (Å²) in [5.41, 5.74) is 45.5. The van der Waals surface area contributed by atoms with Crippen molar-refractivity contribution in [3.8, 4) is 0 Å². The first-order valence-corrected chi connectivity index (χ1v) is 44.6. The van der Waals surface area contributed by atoms with E-state index >= 15 is 0 Å². The minimum atomic E-state index is -0.361. The molecule has 31 N–H and O–H groups in total. The van der Waals surface area contributed by atoms with E-state index in [9.17, 15) is 71.9 Å². The molecule has 0 bridgehead atoms. The second-order valence-corrected chi connectivity index (χ2v) is 31.0. The van der Waals surface area contributed by atoms with Gasteiger partial charge in [-0.15, -0.1) is 0 Å². The highest BCUT2D eigenvalue weighted by molar-refractivity contribution is 8.76. The number of carbonyl (C=O) groups excluding carboxylic acids is 15. The maximum atomic E-state index is 13.9. The fourth-order valence-electron chi connectivity index (χ4n) is 11.9. The number of nitrogens with one attached hydrogen (secondary N) is 15. The minimum absolute atomic E-state index is 0.00758. The molecule has 47 heteroatoms. The summed E-state index contributed by atoms with van der Waals surface area (Å²) in [7, 11) is 3.15. The Hall–Kier alpha value is -9.41. The van der Waals surface area contributed by atoms with Crippen molar-refractivity contribution in [1.29, 1.82) is 0 Å². The summed E-state index contributed by atoms with van der Waals surface area (Å²) in [5.74, 6) is -4.77. The van der Waals surface area contributed by atoms with Crippen molar-refractivity contribution in [2.24, 2.45) is 45.9 Å². The van der Waals surface area contributed by atoms with E-state index in [0.29, 0.717) is 38.3 Å². The van der Waals surface area contributed by atoms with Crippen molar-refractivity contribution < 1.29 is 71.9 Å². The monoisotopic (exact) mass is 1800 g/mol. The molecule has 0 aromatic heterocycles. The van der Waals surface area contributed by atoms with E-state index in [0.717, 1.165) is 15.4 Å². The zero-order valence-corrected chi connectivity index (χ0v) is 74.3. The van der Waals surface area contributed by atoms with Gasteiger partial charge in [0.05, 0.1) is 53.1 Å². The quantitative estimate of drug-likeness (QED) is 0.0216. The van der Waals surface area contributed by atoms with Crippen molar-refractivity contribution in [2.45, 2.75) is 93.8 Å². The topological polar surface area (TPSA) is 667 Å². The summed E-state index contributed by atoms with van der Waals surface area (Å²) in [6.07, 6.45) is 0.380. The molecule has 125 heavy (non-hydrogen) atoms. The highest BCUT2D eigenvalue weighted by Gasteiger charge is 2.21. The van der Waals surface area contributed by atoms with E-state index in [1.54, 1.807) is 38.6 Å². The summed E-state index contributed by atoms with van der Waals surface area (Å²) in [4.78, 5) is 208. The van der Waals surface area contributed by atoms with Gasteiger partial charge >= 0.3 is 0 Å². The van der Waals surface area contributed by atoms with Gasteiger partial charge in [-0.1, -0.05) is 39.3 Å². The molecule has 0 saturated carbocycles. The van der Waals surface area contributed by atoms with Gasteiger partial charge in [-0.05, 0) is 43.3 Å². The van der Waals surface area contributed by atoms with Crippen LogP contribution in [0.1, 0.15) is 93.0 Å². The molecule has 0 aliphatic heterocycles. The van der Waals surface area contributed by atoms with Crippen LogP contribution in [0.3, 0.4) is 0 Å². The molecule has 0 radical (unpaired) electrons.